The van der Waals surface area contributed by atoms with Crippen molar-refractivity contribution < 1.29 is 4.79 Å². The molecule has 1 aliphatic rings. The van der Waals surface area contributed by atoms with E-state index in [1.165, 1.54) is 19.3 Å². The molecule has 0 radical (unpaired) electrons. The number of nitriles is 1. The van der Waals surface area contributed by atoms with Gasteiger partial charge in [-0.3, -0.25) is 4.79 Å². The predicted molar refractivity (Wildman–Crippen MR) is 80.8 cm³/mol. The monoisotopic (exact) mass is 279 g/mol. The van der Waals surface area contributed by atoms with Crippen molar-refractivity contribution >= 4 is 5.91 Å². The maximum Gasteiger partial charge on any atom is 0.223 e. The van der Waals surface area contributed by atoms with E-state index in [9.17, 15) is 4.79 Å². The van der Waals surface area contributed by atoms with Gasteiger partial charge >= 0.3 is 0 Å². The Morgan fingerprint density at radius 1 is 1.35 bits per heavy atom. The molecule has 1 saturated carbocycles. The highest BCUT2D eigenvalue weighted by molar-refractivity contribution is 5.77. The van der Waals surface area contributed by atoms with Crippen molar-refractivity contribution in [2.75, 3.05) is 19.6 Å². The number of hydrogen-bond acceptors (Lipinski definition) is 3. The number of carbonyl (C=O) groups excluding carboxylic acids is 1. The van der Waals surface area contributed by atoms with Crippen LogP contribution in [-0.4, -0.2) is 30.4 Å². The Hall–Kier alpha value is -1.08. The summed E-state index contributed by atoms with van der Waals surface area (Å²) in [4.78, 5) is 14.4. The second-order valence-electron chi connectivity index (χ2n) is 6.58. The fourth-order valence-electron chi connectivity index (χ4n) is 3.13. The van der Waals surface area contributed by atoms with E-state index in [0.717, 1.165) is 19.4 Å². The number of carbonyl (C=O) groups is 1. The zero-order chi connectivity index (χ0) is 15.0. The van der Waals surface area contributed by atoms with Crippen molar-refractivity contribution in [1.29, 1.82) is 5.26 Å². The zero-order valence-corrected chi connectivity index (χ0v) is 13.0. The van der Waals surface area contributed by atoms with Crippen LogP contribution >= 0.6 is 0 Å². The lowest BCUT2D eigenvalue weighted by Gasteiger charge is -2.37. The number of amides is 1. The van der Waals surface area contributed by atoms with E-state index >= 15 is 0 Å². The van der Waals surface area contributed by atoms with Crippen LogP contribution in [0, 0.1) is 22.7 Å². The van der Waals surface area contributed by atoms with Crippen LogP contribution in [0.15, 0.2) is 0 Å². The summed E-state index contributed by atoms with van der Waals surface area (Å²) < 4.78 is 0. The van der Waals surface area contributed by atoms with Gasteiger partial charge in [0.05, 0.1) is 12.5 Å². The van der Waals surface area contributed by atoms with E-state index in [1.54, 1.807) is 0 Å². The Labute approximate surface area is 123 Å². The predicted octanol–water partition coefficient (Wildman–Crippen LogP) is 2.68. The Bertz CT molecular complexity index is 340. The van der Waals surface area contributed by atoms with Gasteiger partial charge in [0.2, 0.25) is 5.91 Å². The van der Waals surface area contributed by atoms with Crippen LogP contribution in [0.1, 0.15) is 58.8 Å². The van der Waals surface area contributed by atoms with Crippen molar-refractivity contribution in [2.45, 2.75) is 58.8 Å². The Morgan fingerprint density at radius 2 is 2.00 bits per heavy atom. The minimum absolute atomic E-state index is 0.0111. The molecule has 0 unspecified atom stereocenters. The van der Waals surface area contributed by atoms with Crippen LogP contribution in [0.4, 0.5) is 0 Å². The minimum atomic E-state index is 0.0111. The summed E-state index contributed by atoms with van der Waals surface area (Å²) in [6, 6.07) is 2.13. The summed E-state index contributed by atoms with van der Waals surface area (Å²) in [5.74, 6) is 0.610. The lowest BCUT2D eigenvalue weighted by Crippen LogP contribution is -2.42. The quantitative estimate of drug-likeness (QED) is 0.779. The molecule has 1 aliphatic carbocycles. The van der Waals surface area contributed by atoms with E-state index in [2.05, 4.69) is 19.9 Å². The normalized spacial score (nSPS) is 17.8. The van der Waals surface area contributed by atoms with Gasteiger partial charge in [0.1, 0.15) is 0 Å². The van der Waals surface area contributed by atoms with Crippen molar-refractivity contribution in [1.82, 2.24) is 4.90 Å². The summed E-state index contributed by atoms with van der Waals surface area (Å²) in [5.41, 5.74) is 5.98. The standard InChI is InChI=1S/C16H29N3O/c1-14(2)12-19(10-6-9-17)15(20)11-16(13-18)7-4-3-5-8-16/h14H,3-8,10-13,18H2,1-2H3. The van der Waals surface area contributed by atoms with Gasteiger partial charge in [-0.05, 0) is 30.7 Å². The third-order valence-electron chi connectivity index (χ3n) is 4.31. The summed E-state index contributed by atoms with van der Waals surface area (Å²) in [7, 11) is 0. The lowest BCUT2D eigenvalue weighted by atomic mass is 9.71. The molecule has 0 bridgehead atoms. The highest BCUT2D eigenvalue weighted by atomic mass is 16.2. The van der Waals surface area contributed by atoms with Gasteiger partial charge in [0, 0.05) is 19.5 Å². The molecular formula is C16H29N3O. The van der Waals surface area contributed by atoms with Crippen molar-refractivity contribution in [3.05, 3.63) is 0 Å². The number of nitrogens with zero attached hydrogens (tertiary/aromatic N) is 2. The third kappa shape index (κ3) is 5.13. The van der Waals surface area contributed by atoms with Gasteiger partial charge in [-0.2, -0.15) is 5.26 Å². The van der Waals surface area contributed by atoms with Crippen LogP contribution in [0.25, 0.3) is 0 Å². The van der Waals surface area contributed by atoms with Crippen LogP contribution in [0.5, 0.6) is 0 Å². The summed E-state index contributed by atoms with van der Waals surface area (Å²) in [6.45, 7) is 6.10. The summed E-state index contributed by atoms with van der Waals surface area (Å²) >= 11 is 0. The van der Waals surface area contributed by atoms with Crippen LogP contribution < -0.4 is 5.73 Å². The maximum atomic E-state index is 12.6. The van der Waals surface area contributed by atoms with Gasteiger partial charge in [-0.25, -0.2) is 0 Å². The van der Waals surface area contributed by atoms with E-state index in [-0.39, 0.29) is 11.3 Å². The van der Waals surface area contributed by atoms with Gasteiger partial charge in [-0.15, -0.1) is 0 Å². The third-order valence-corrected chi connectivity index (χ3v) is 4.31. The molecule has 4 nitrogen and oxygen atoms in total. The highest BCUT2D eigenvalue weighted by Crippen LogP contribution is 2.38. The first kappa shape index (κ1) is 17.0. The maximum absolute atomic E-state index is 12.6. The van der Waals surface area contributed by atoms with E-state index in [1.807, 2.05) is 4.90 Å². The number of hydrogen-bond donors (Lipinski definition) is 1. The second kappa shape index (κ2) is 8.26. The van der Waals surface area contributed by atoms with Crippen LogP contribution in [-0.2, 0) is 4.79 Å². The van der Waals surface area contributed by atoms with Crippen molar-refractivity contribution in [2.24, 2.45) is 17.1 Å². The molecule has 0 aromatic rings. The molecule has 0 heterocycles. The molecule has 4 heteroatoms. The lowest BCUT2D eigenvalue weighted by molar-refractivity contribution is -0.134. The first-order chi connectivity index (χ1) is 9.53. The fraction of sp³-hybridized carbons (Fsp3) is 0.875. The smallest absolute Gasteiger partial charge is 0.223 e. The summed E-state index contributed by atoms with van der Waals surface area (Å²) in [5, 5.41) is 8.74. The van der Waals surface area contributed by atoms with Gasteiger partial charge in [0.15, 0.2) is 0 Å². The van der Waals surface area contributed by atoms with Gasteiger partial charge in [0.25, 0.3) is 0 Å². The van der Waals surface area contributed by atoms with E-state index < -0.39 is 0 Å². The van der Waals surface area contributed by atoms with Crippen LogP contribution in [0.3, 0.4) is 0 Å². The number of rotatable bonds is 7. The molecule has 2 N–H and O–H groups in total. The van der Waals surface area contributed by atoms with E-state index in [0.29, 0.717) is 31.8 Å². The summed E-state index contributed by atoms with van der Waals surface area (Å²) in [6.07, 6.45) is 6.75. The number of nitrogens with two attached hydrogens (primary N) is 1. The molecule has 0 aromatic heterocycles. The molecular weight excluding hydrogens is 250 g/mol. The first-order valence-corrected chi connectivity index (χ1v) is 7.88. The molecule has 0 atom stereocenters. The highest BCUT2D eigenvalue weighted by Gasteiger charge is 2.34. The SMILES string of the molecule is CC(C)CN(CCC#N)C(=O)CC1(CN)CCCCC1. The molecule has 0 spiro atoms. The first-order valence-electron chi connectivity index (χ1n) is 7.88. The molecule has 0 aliphatic heterocycles. The Balaban J connectivity index is 2.65. The molecule has 1 fully saturated rings. The van der Waals surface area contributed by atoms with Crippen molar-refractivity contribution in [3.63, 3.8) is 0 Å². The van der Waals surface area contributed by atoms with Gasteiger partial charge in [-0.1, -0.05) is 33.1 Å². The average molecular weight is 279 g/mol. The minimum Gasteiger partial charge on any atom is -0.341 e. The average Bonchev–Trinajstić information content (AvgIpc) is 2.44. The fourth-order valence-corrected chi connectivity index (χ4v) is 3.13. The zero-order valence-electron chi connectivity index (χ0n) is 13.0. The molecule has 1 amide bonds. The second-order valence-corrected chi connectivity index (χ2v) is 6.58. The molecule has 114 valence electrons. The van der Waals surface area contributed by atoms with Crippen LogP contribution in [0.2, 0.25) is 0 Å². The molecule has 20 heavy (non-hydrogen) atoms. The Kier molecular flexibility index (Phi) is 7.01. The van der Waals surface area contributed by atoms with E-state index in [4.69, 9.17) is 11.0 Å². The van der Waals surface area contributed by atoms with Gasteiger partial charge < -0.3 is 10.6 Å². The Morgan fingerprint density at radius 3 is 2.50 bits per heavy atom. The topological polar surface area (TPSA) is 70.1 Å². The molecule has 0 saturated heterocycles. The largest absolute Gasteiger partial charge is 0.341 e. The van der Waals surface area contributed by atoms with Crippen molar-refractivity contribution in [3.8, 4) is 6.07 Å². The molecule has 1 rings (SSSR count). The molecule has 0 aromatic carbocycles.